The van der Waals surface area contributed by atoms with Crippen molar-refractivity contribution in [1.29, 1.82) is 0 Å². The van der Waals surface area contributed by atoms with Gasteiger partial charge in [-0.15, -0.1) is 0 Å². The van der Waals surface area contributed by atoms with Crippen molar-refractivity contribution in [3.63, 3.8) is 0 Å². The fourth-order valence-electron chi connectivity index (χ4n) is 2.53. The van der Waals surface area contributed by atoms with Gasteiger partial charge < -0.3 is 9.40 Å². The van der Waals surface area contributed by atoms with E-state index in [4.69, 9.17) is 4.42 Å². The molecule has 0 saturated heterocycles. The van der Waals surface area contributed by atoms with Gasteiger partial charge in [0.1, 0.15) is 0 Å². The summed E-state index contributed by atoms with van der Waals surface area (Å²) in [7, 11) is 0. The fourth-order valence-corrected chi connectivity index (χ4v) is 2.53. The van der Waals surface area contributed by atoms with Crippen LogP contribution in [0.2, 0.25) is 0 Å². The normalized spacial score (nSPS) is 11.3. The highest BCUT2D eigenvalue weighted by Crippen LogP contribution is 2.32. The minimum atomic E-state index is 1.10. The quantitative estimate of drug-likeness (QED) is 0.512. The van der Waals surface area contributed by atoms with E-state index in [1.807, 2.05) is 6.07 Å². The Kier molecular flexibility index (Phi) is 1.86. The molecule has 4 rings (SSSR count). The first kappa shape index (κ1) is 9.54. The summed E-state index contributed by atoms with van der Waals surface area (Å²) in [5.74, 6) is 0. The lowest BCUT2D eigenvalue weighted by Gasteiger charge is -1.99. The molecule has 0 aliphatic rings. The molecule has 18 heavy (non-hydrogen) atoms. The van der Waals surface area contributed by atoms with Crippen molar-refractivity contribution in [2.75, 3.05) is 0 Å². The van der Waals surface area contributed by atoms with E-state index in [0.29, 0.717) is 0 Å². The topological polar surface area (TPSA) is 28.9 Å². The third-order valence-corrected chi connectivity index (χ3v) is 3.37. The van der Waals surface area contributed by atoms with Crippen LogP contribution in [-0.4, -0.2) is 4.98 Å². The molecule has 2 heterocycles. The second-order valence-electron chi connectivity index (χ2n) is 4.41. The first-order chi connectivity index (χ1) is 8.93. The monoisotopic (exact) mass is 233 g/mol. The van der Waals surface area contributed by atoms with Crippen molar-refractivity contribution < 1.29 is 4.42 Å². The average molecular weight is 233 g/mol. The zero-order valence-electron chi connectivity index (χ0n) is 9.68. The maximum Gasteiger partial charge on any atom is 0.0981 e. The number of rotatable bonds is 1. The molecular weight excluding hydrogens is 222 g/mol. The maximum absolute atomic E-state index is 5.18. The molecule has 2 aromatic heterocycles. The van der Waals surface area contributed by atoms with E-state index in [2.05, 4.69) is 47.4 Å². The SMILES string of the molecule is c1ccc2c(c1)[nH]c1c(-c3ccoc3)cccc12. The predicted octanol–water partition coefficient (Wildman–Crippen LogP) is 4.58. The Morgan fingerprint density at radius 3 is 2.61 bits per heavy atom. The van der Waals surface area contributed by atoms with E-state index in [9.17, 15) is 0 Å². The van der Waals surface area contributed by atoms with Crippen LogP contribution in [0, 0.1) is 0 Å². The first-order valence-electron chi connectivity index (χ1n) is 5.95. The fraction of sp³-hybridized carbons (Fsp3) is 0. The Labute approximate surface area is 104 Å². The number of H-pyrrole nitrogens is 1. The molecule has 0 radical (unpaired) electrons. The van der Waals surface area contributed by atoms with Gasteiger partial charge in [0.2, 0.25) is 0 Å². The molecule has 0 aliphatic carbocycles. The van der Waals surface area contributed by atoms with Crippen LogP contribution in [0.5, 0.6) is 0 Å². The van der Waals surface area contributed by atoms with Crippen molar-refractivity contribution in [2.24, 2.45) is 0 Å². The molecule has 0 amide bonds. The molecule has 0 spiro atoms. The van der Waals surface area contributed by atoms with E-state index in [1.165, 1.54) is 27.4 Å². The van der Waals surface area contributed by atoms with Crippen LogP contribution >= 0.6 is 0 Å². The molecule has 0 unspecified atom stereocenters. The van der Waals surface area contributed by atoms with Crippen LogP contribution in [0.1, 0.15) is 0 Å². The molecule has 0 saturated carbocycles. The lowest BCUT2D eigenvalue weighted by atomic mass is 10.0. The van der Waals surface area contributed by atoms with Crippen molar-refractivity contribution in [3.8, 4) is 11.1 Å². The van der Waals surface area contributed by atoms with E-state index in [0.717, 1.165) is 5.56 Å². The Bertz CT molecular complexity index is 825. The van der Waals surface area contributed by atoms with Gasteiger partial charge in [-0.3, -0.25) is 0 Å². The van der Waals surface area contributed by atoms with Gasteiger partial charge >= 0.3 is 0 Å². The lowest BCUT2D eigenvalue weighted by Crippen LogP contribution is -1.76. The summed E-state index contributed by atoms with van der Waals surface area (Å²) in [5, 5.41) is 2.52. The van der Waals surface area contributed by atoms with E-state index in [-0.39, 0.29) is 0 Å². The minimum Gasteiger partial charge on any atom is -0.472 e. The Morgan fingerprint density at radius 1 is 0.833 bits per heavy atom. The zero-order valence-corrected chi connectivity index (χ0v) is 9.68. The van der Waals surface area contributed by atoms with Crippen molar-refractivity contribution >= 4 is 21.8 Å². The molecule has 1 N–H and O–H groups in total. The van der Waals surface area contributed by atoms with Crippen LogP contribution in [0.25, 0.3) is 32.9 Å². The van der Waals surface area contributed by atoms with E-state index < -0.39 is 0 Å². The smallest absolute Gasteiger partial charge is 0.0981 e. The highest BCUT2D eigenvalue weighted by atomic mass is 16.3. The highest BCUT2D eigenvalue weighted by molar-refractivity contribution is 6.11. The molecule has 86 valence electrons. The second kappa shape index (κ2) is 3.50. The Balaban J connectivity index is 2.17. The zero-order chi connectivity index (χ0) is 11.9. The molecule has 2 heteroatoms. The Hall–Kier alpha value is -2.48. The highest BCUT2D eigenvalue weighted by Gasteiger charge is 2.09. The third-order valence-electron chi connectivity index (χ3n) is 3.37. The summed E-state index contributed by atoms with van der Waals surface area (Å²) in [6.07, 6.45) is 3.48. The number of fused-ring (bicyclic) bond motifs is 3. The van der Waals surface area contributed by atoms with Crippen LogP contribution in [0.3, 0.4) is 0 Å². The summed E-state index contributed by atoms with van der Waals surface area (Å²) in [6.45, 7) is 0. The van der Waals surface area contributed by atoms with Gasteiger partial charge in [0.25, 0.3) is 0 Å². The molecule has 2 aromatic carbocycles. The Morgan fingerprint density at radius 2 is 1.72 bits per heavy atom. The van der Waals surface area contributed by atoms with Gasteiger partial charge in [0.15, 0.2) is 0 Å². The largest absolute Gasteiger partial charge is 0.472 e. The number of furan rings is 1. The van der Waals surface area contributed by atoms with Gasteiger partial charge in [-0.2, -0.15) is 0 Å². The molecule has 0 bridgehead atoms. The summed E-state index contributed by atoms with van der Waals surface area (Å²) >= 11 is 0. The minimum absolute atomic E-state index is 1.10. The van der Waals surface area contributed by atoms with E-state index >= 15 is 0 Å². The average Bonchev–Trinajstić information content (AvgIpc) is 3.05. The standard InChI is InChI=1S/C16H11NO/c1-2-7-15-13(4-1)14-6-3-5-12(16(14)17-15)11-8-9-18-10-11/h1-10,17H. The summed E-state index contributed by atoms with van der Waals surface area (Å²) in [6, 6.07) is 16.7. The summed E-state index contributed by atoms with van der Waals surface area (Å²) in [4.78, 5) is 3.49. The van der Waals surface area contributed by atoms with Crippen LogP contribution in [0.4, 0.5) is 0 Å². The molecule has 0 fully saturated rings. The van der Waals surface area contributed by atoms with Crippen LogP contribution in [-0.2, 0) is 0 Å². The predicted molar refractivity (Wildman–Crippen MR) is 73.5 cm³/mol. The third kappa shape index (κ3) is 1.23. The number of hydrogen-bond donors (Lipinski definition) is 1. The molecule has 4 aromatic rings. The summed E-state index contributed by atoms with van der Waals surface area (Å²) in [5.41, 5.74) is 4.62. The molecular formula is C16H11NO. The van der Waals surface area contributed by atoms with Gasteiger partial charge in [-0.05, 0) is 12.1 Å². The number of aromatic amines is 1. The van der Waals surface area contributed by atoms with Gasteiger partial charge in [0.05, 0.1) is 18.0 Å². The number of hydrogen-bond acceptors (Lipinski definition) is 1. The van der Waals surface area contributed by atoms with Crippen LogP contribution in [0.15, 0.2) is 65.5 Å². The van der Waals surface area contributed by atoms with Crippen molar-refractivity contribution in [2.45, 2.75) is 0 Å². The maximum atomic E-state index is 5.18. The first-order valence-corrected chi connectivity index (χ1v) is 5.95. The number of aromatic nitrogens is 1. The molecule has 0 aliphatic heterocycles. The van der Waals surface area contributed by atoms with Crippen molar-refractivity contribution in [1.82, 2.24) is 4.98 Å². The van der Waals surface area contributed by atoms with E-state index in [1.54, 1.807) is 12.5 Å². The van der Waals surface area contributed by atoms with Crippen LogP contribution < -0.4 is 0 Å². The molecule has 2 nitrogen and oxygen atoms in total. The van der Waals surface area contributed by atoms with Gasteiger partial charge in [-0.1, -0.05) is 36.4 Å². The van der Waals surface area contributed by atoms with Gasteiger partial charge in [0, 0.05) is 27.4 Å². The van der Waals surface area contributed by atoms with Gasteiger partial charge in [-0.25, -0.2) is 0 Å². The second-order valence-corrected chi connectivity index (χ2v) is 4.41. The number of para-hydroxylation sites is 2. The number of nitrogens with one attached hydrogen (secondary N) is 1. The summed E-state index contributed by atoms with van der Waals surface area (Å²) < 4.78 is 5.18. The lowest BCUT2D eigenvalue weighted by molar-refractivity contribution is 0.568. The number of benzene rings is 2. The van der Waals surface area contributed by atoms with Crippen molar-refractivity contribution in [3.05, 3.63) is 61.1 Å². The molecule has 0 atom stereocenters.